The van der Waals surface area contributed by atoms with Crippen molar-refractivity contribution in [3.8, 4) is 0 Å². The number of carboxylic acid groups (broad SMARTS) is 1. The number of rotatable bonds is 9. The lowest BCUT2D eigenvalue weighted by Gasteiger charge is -2.41. The summed E-state index contributed by atoms with van der Waals surface area (Å²) < 4.78 is 0. The van der Waals surface area contributed by atoms with Crippen LogP contribution < -0.4 is 0 Å². The summed E-state index contributed by atoms with van der Waals surface area (Å²) in [5, 5.41) is 9.64. The Balaban J connectivity index is 2.65. The van der Waals surface area contributed by atoms with E-state index >= 15 is 0 Å². The molecule has 138 valence electrons. The number of carbonyl (C=O) groups is 3. The normalized spacial score (nSPS) is 16.5. The van der Waals surface area contributed by atoms with Crippen molar-refractivity contribution in [2.45, 2.75) is 77.2 Å². The summed E-state index contributed by atoms with van der Waals surface area (Å²) >= 11 is 0. The average molecular weight is 340 g/mol. The van der Waals surface area contributed by atoms with E-state index in [-0.39, 0.29) is 24.7 Å². The fourth-order valence-corrected chi connectivity index (χ4v) is 3.51. The number of hydrogen-bond acceptors (Lipinski definition) is 3. The number of carboxylic acids is 1. The fourth-order valence-electron chi connectivity index (χ4n) is 3.51. The van der Waals surface area contributed by atoms with Gasteiger partial charge < -0.3 is 14.9 Å². The van der Waals surface area contributed by atoms with Crippen LogP contribution in [0.5, 0.6) is 0 Å². The second kappa shape index (κ2) is 9.64. The van der Waals surface area contributed by atoms with Gasteiger partial charge in [-0.2, -0.15) is 0 Å². The lowest BCUT2D eigenvalue weighted by molar-refractivity contribution is -0.160. The number of likely N-dealkylation sites (N-methyl/N-ethyl adjacent to an activating group) is 1. The molecule has 0 heterocycles. The first-order valence-corrected chi connectivity index (χ1v) is 9.16. The highest BCUT2D eigenvalue weighted by Gasteiger charge is 2.45. The maximum atomic E-state index is 12.5. The number of carbonyl (C=O) groups excluding carboxylic acids is 2. The van der Waals surface area contributed by atoms with Crippen LogP contribution in [0.15, 0.2) is 0 Å². The quantitative estimate of drug-likeness (QED) is 0.700. The van der Waals surface area contributed by atoms with E-state index in [1.807, 2.05) is 13.8 Å². The van der Waals surface area contributed by atoms with Gasteiger partial charge in [0.15, 0.2) is 0 Å². The van der Waals surface area contributed by atoms with Gasteiger partial charge in [-0.05, 0) is 25.7 Å². The van der Waals surface area contributed by atoms with Gasteiger partial charge in [-0.1, -0.05) is 33.1 Å². The molecule has 0 atom stereocenters. The molecule has 1 aliphatic carbocycles. The molecule has 24 heavy (non-hydrogen) atoms. The summed E-state index contributed by atoms with van der Waals surface area (Å²) in [6, 6.07) is 0. The number of amides is 2. The molecule has 6 nitrogen and oxygen atoms in total. The Bertz CT molecular complexity index is 438. The van der Waals surface area contributed by atoms with Crippen molar-refractivity contribution in [1.29, 1.82) is 0 Å². The van der Waals surface area contributed by atoms with Gasteiger partial charge in [0.2, 0.25) is 11.8 Å². The highest BCUT2D eigenvalue weighted by atomic mass is 16.4. The smallest absolute Gasteiger partial charge is 0.329 e. The van der Waals surface area contributed by atoms with Crippen molar-refractivity contribution in [1.82, 2.24) is 9.80 Å². The molecule has 0 aromatic carbocycles. The molecule has 0 aliphatic heterocycles. The number of aliphatic carboxylic acids is 1. The monoisotopic (exact) mass is 340 g/mol. The standard InChI is InChI=1S/C18H32N2O4/c1-4-13-20(14-5-2)16(22)10-9-15(21)19(3)18(17(23)24)11-7-6-8-12-18/h4-14H2,1-3H3,(H,23,24). The summed E-state index contributed by atoms with van der Waals surface area (Å²) in [7, 11) is 1.57. The van der Waals surface area contributed by atoms with E-state index in [1.54, 1.807) is 11.9 Å². The van der Waals surface area contributed by atoms with Crippen LogP contribution >= 0.6 is 0 Å². The van der Waals surface area contributed by atoms with Crippen LogP contribution in [0.1, 0.15) is 71.6 Å². The molecule has 0 unspecified atom stereocenters. The first-order chi connectivity index (χ1) is 11.4. The Kier molecular flexibility index (Phi) is 8.22. The molecule has 0 aromatic heterocycles. The zero-order chi connectivity index (χ0) is 18.2. The Morgan fingerprint density at radius 3 is 1.88 bits per heavy atom. The van der Waals surface area contributed by atoms with Crippen molar-refractivity contribution in [2.24, 2.45) is 0 Å². The van der Waals surface area contributed by atoms with E-state index in [2.05, 4.69) is 0 Å². The van der Waals surface area contributed by atoms with E-state index in [0.717, 1.165) is 32.1 Å². The van der Waals surface area contributed by atoms with Crippen LogP contribution in [0.3, 0.4) is 0 Å². The molecular formula is C18H32N2O4. The van der Waals surface area contributed by atoms with Crippen LogP contribution in [0.2, 0.25) is 0 Å². The van der Waals surface area contributed by atoms with Crippen LogP contribution in [0.25, 0.3) is 0 Å². The number of nitrogens with zero attached hydrogens (tertiary/aromatic N) is 2. The van der Waals surface area contributed by atoms with Crippen LogP contribution in [0, 0.1) is 0 Å². The molecule has 0 saturated heterocycles. The molecule has 0 bridgehead atoms. The van der Waals surface area contributed by atoms with Crippen LogP contribution in [-0.4, -0.2) is 58.4 Å². The topological polar surface area (TPSA) is 77.9 Å². The minimum atomic E-state index is -1.09. The van der Waals surface area contributed by atoms with Crippen LogP contribution in [-0.2, 0) is 14.4 Å². The summed E-state index contributed by atoms with van der Waals surface area (Å²) in [5.41, 5.74) is -1.09. The zero-order valence-electron chi connectivity index (χ0n) is 15.3. The van der Waals surface area contributed by atoms with Gasteiger partial charge in [-0.25, -0.2) is 4.79 Å². The fraction of sp³-hybridized carbons (Fsp3) is 0.833. The van der Waals surface area contributed by atoms with E-state index < -0.39 is 11.5 Å². The van der Waals surface area contributed by atoms with Crippen molar-refractivity contribution in [2.75, 3.05) is 20.1 Å². The predicted octanol–water partition coefficient (Wildman–Crippen LogP) is 2.66. The Morgan fingerprint density at radius 2 is 1.42 bits per heavy atom. The molecule has 0 spiro atoms. The average Bonchev–Trinajstić information content (AvgIpc) is 2.58. The molecule has 1 saturated carbocycles. The first-order valence-electron chi connectivity index (χ1n) is 9.16. The summed E-state index contributed by atoms with van der Waals surface area (Å²) in [6.45, 7) is 5.45. The molecule has 1 rings (SSSR count). The molecule has 6 heteroatoms. The second-order valence-electron chi connectivity index (χ2n) is 6.73. The molecule has 1 aliphatic rings. The van der Waals surface area contributed by atoms with Gasteiger partial charge in [0, 0.05) is 33.0 Å². The van der Waals surface area contributed by atoms with Gasteiger partial charge in [0.05, 0.1) is 0 Å². The van der Waals surface area contributed by atoms with Gasteiger partial charge in [-0.15, -0.1) is 0 Å². The van der Waals surface area contributed by atoms with E-state index in [4.69, 9.17) is 0 Å². The highest BCUT2D eigenvalue weighted by molar-refractivity contribution is 5.89. The van der Waals surface area contributed by atoms with E-state index in [9.17, 15) is 19.5 Å². The van der Waals surface area contributed by atoms with Gasteiger partial charge in [0.1, 0.15) is 5.54 Å². The maximum absolute atomic E-state index is 12.5. The summed E-state index contributed by atoms with van der Waals surface area (Å²) in [6.07, 6.45) is 5.66. The zero-order valence-corrected chi connectivity index (χ0v) is 15.3. The summed E-state index contributed by atoms with van der Waals surface area (Å²) in [5.74, 6) is -1.20. The largest absolute Gasteiger partial charge is 0.479 e. The summed E-state index contributed by atoms with van der Waals surface area (Å²) in [4.78, 5) is 39.7. The minimum absolute atomic E-state index is 0.0199. The molecule has 0 aromatic rings. The highest BCUT2D eigenvalue weighted by Crippen LogP contribution is 2.33. The van der Waals surface area contributed by atoms with Crippen molar-refractivity contribution in [3.63, 3.8) is 0 Å². The third-order valence-electron chi connectivity index (χ3n) is 4.99. The van der Waals surface area contributed by atoms with E-state index in [1.165, 1.54) is 4.90 Å². The van der Waals surface area contributed by atoms with E-state index in [0.29, 0.717) is 25.9 Å². The van der Waals surface area contributed by atoms with Gasteiger partial charge in [0.25, 0.3) is 0 Å². The predicted molar refractivity (Wildman–Crippen MR) is 92.6 cm³/mol. The third kappa shape index (κ3) is 4.95. The third-order valence-corrected chi connectivity index (χ3v) is 4.99. The molecule has 1 N–H and O–H groups in total. The molecule has 1 fully saturated rings. The molecule has 0 radical (unpaired) electrons. The van der Waals surface area contributed by atoms with Gasteiger partial charge in [-0.3, -0.25) is 9.59 Å². The second-order valence-corrected chi connectivity index (χ2v) is 6.73. The van der Waals surface area contributed by atoms with Crippen LogP contribution in [0.4, 0.5) is 0 Å². The Hall–Kier alpha value is -1.59. The van der Waals surface area contributed by atoms with Crippen molar-refractivity contribution < 1.29 is 19.5 Å². The lowest BCUT2D eigenvalue weighted by atomic mass is 9.80. The number of hydrogen-bond donors (Lipinski definition) is 1. The minimum Gasteiger partial charge on any atom is -0.479 e. The molecule has 2 amide bonds. The molecular weight excluding hydrogens is 308 g/mol. The first kappa shape index (κ1) is 20.5. The van der Waals surface area contributed by atoms with Crippen molar-refractivity contribution >= 4 is 17.8 Å². The Morgan fingerprint density at radius 1 is 0.917 bits per heavy atom. The lowest BCUT2D eigenvalue weighted by Crippen LogP contribution is -2.56. The van der Waals surface area contributed by atoms with Crippen molar-refractivity contribution in [3.05, 3.63) is 0 Å². The maximum Gasteiger partial charge on any atom is 0.329 e. The Labute approximate surface area is 145 Å². The van der Waals surface area contributed by atoms with Gasteiger partial charge >= 0.3 is 5.97 Å². The SMILES string of the molecule is CCCN(CCC)C(=O)CCC(=O)N(C)C1(C(=O)O)CCCCC1.